The van der Waals surface area contributed by atoms with Crippen LogP contribution in [0.25, 0.3) is 11.1 Å². The van der Waals surface area contributed by atoms with Crippen molar-refractivity contribution in [3.05, 3.63) is 119 Å². The van der Waals surface area contributed by atoms with Gasteiger partial charge in [0.2, 0.25) is 11.8 Å². The number of piperidine rings is 1. The number of ether oxygens (including phenoxy) is 1. The van der Waals surface area contributed by atoms with Gasteiger partial charge in [-0.25, -0.2) is 13.8 Å². The maximum absolute atomic E-state index is 15.0. The third-order valence-corrected chi connectivity index (χ3v) is 10.6. The molecule has 2 saturated heterocycles. The number of hydrogen-bond acceptors (Lipinski definition) is 8. The van der Waals surface area contributed by atoms with E-state index in [-0.39, 0.29) is 37.0 Å². The van der Waals surface area contributed by atoms with Gasteiger partial charge >= 0.3 is 0 Å². The molecule has 0 radical (unpaired) electrons. The molecular weight excluding hydrogens is 704 g/mol. The molecule has 4 aromatic rings. The molecule has 0 saturated carbocycles. The number of piperazine rings is 1. The number of nitrogens with one attached hydrogen (secondary N) is 1. The van der Waals surface area contributed by atoms with Crippen molar-refractivity contribution in [2.24, 2.45) is 0 Å². The third-order valence-electron chi connectivity index (χ3n) is 10.6. The van der Waals surface area contributed by atoms with Gasteiger partial charge in [-0.1, -0.05) is 61.5 Å². The van der Waals surface area contributed by atoms with Crippen molar-refractivity contribution in [1.82, 2.24) is 20.1 Å². The fourth-order valence-electron chi connectivity index (χ4n) is 7.65. The number of allylic oxidation sites excluding steroid dienone is 1. The lowest BCUT2D eigenvalue weighted by Crippen LogP contribution is -2.52. The number of phenols is 1. The maximum atomic E-state index is 15.0. The number of pyridine rings is 1. The Kier molecular flexibility index (Phi) is 11.2. The van der Waals surface area contributed by atoms with Gasteiger partial charge in [-0.2, -0.15) is 0 Å². The van der Waals surface area contributed by atoms with Crippen LogP contribution in [0.2, 0.25) is 0 Å². The zero-order chi connectivity index (χ0) is 38.5. The molecular formula is C43H45F2N5O5. The average molecular weight is 750 g/mol. The van der Waals surface area contributed by atoms with E-state index in [1.165, 1.54) is 4.90 Å². The first kappa shape index (κ1) is 37.7. The first-order valence-corrected chi connectivity index (χ1v) is 18.9. The summed E-state index contributed by atoms with van der Waals surface area (Å²) in [7, 11) is 0. The Labute approximate surface area is 319 Å². The van der Waals surface area contributed by atoms with Crippen LogP contribution in [0.5, 0.6) is 11.5 Å². The Morgan fingerprint density at radius 3 is 2.25 bits per heavy atom. The molecule has 0 spiro atoms. The van der Waals surface area contributed by atoms with E-state index < -0.39 is 24.5 Å². The average Bonchev–Trinajstić information content (AvgIpc) is 3.52. The fraction of sp³-hybridized carbons (Fsp3) is 0.349. The predicted octanol–water partition coefficient (Wildman–Crippen LogP) is 6.53. The zero-order valence-corrected chi connectivity index (χ0v) is 30.8. The number of nitrogens with zero attached hydrogens (tertiary/aromatic N) is 4. The van der Waals surface area contributed by atoms with Crippen LogP contribution in [-0.4, -0.2) is 88.9 Å². The van der Waals surface area contributed by atoms with E-state index in [1.807, 2.05) is 48.5 Å². The number of anilines is 1. The largest absolute Gasteiger partial charge is 0.508 e. The summed E-state index contributed by atoms with van der Waals surface area (Å²) < 4.78 is 35.6. The van der Waals surface area contributed by atoms with E-state index in [0.717, 1.165) is 40.1 Å². The molecule has 0 aliphatic carbocycles. The molecule has 3 amide bonds. The second-order valence-electron chi connectivity index (χ2n) is 14.3. The highest BCUT2D eigenvalue weighted by atomic mass is 19.3. The van der Waals surface area contributed by atoms with Crippen LogP contribution in [0.1, 0.15) is 71.8 Å². The number of rotatable bonds is 13. The molecule has 4 heterocycles. The van der Waals surface area contributed by atoms with Gasteiger partial charge in [0, 0.05) is 39.0 Å². The minimum absolute atomic E-state index is 0.181. The zero-order valence-electron chi connectivity index (χ0n) is 30.8. The lowest BCUT2D eigenvalue weighted by molar-refractivity contribution is -0.136. The Morgan fingerprint density at radius 2 is 1.58 bits per heavy atom. The van der Waals surface area contributed by atoms with Crippen LogP contribution >= 0.6 is 0 Å². The monoisotopic (exact) mass is 749 g/mol. The number of aromatic hydroxyl groups is 1. The highest BCUT2D eigenvalue weighted by Crippen LogP contribution is 2.36. The lowest BCUT2D eigenvalue weighted by Gasteiger charge is -2.35. The number of fused-ring (bicyclic) bond motifs is 1. The number of benzene rings is 3. The number of imide groups is 1. The summed E-state index contributed by atoms with van der Waals surface area (Å²) in [4.78, 5) is 47.5. The highest BCUT2D eigenvalue weighted by molar-refractivity contribution is 6.05. The molecule has 2 fully saturated rings. The Bertz CT molecular complexity index is 2050. The number of carbonyl (C=O) groups is 3. The SMILES string of the molecule is CC/C(=C(\c1ccc(O)cc1)c1ccc(OCC(F)(F)CCCN2CCN(c3ccc4c(n3)CN(C3CCC(=O)NC3=O)C4=O)CC2)cc1)c1ccccc1. The fourth-order valence-corrected chi connectivity index (χ4v) is 7.65. The molecule has 1 aromatic heterocycles. The number of alkyl halides is 2. The third kappa shape index (κ3) is 8.70. The first-order chi connectivity index (χ1) is 26.6. The molecule has 1 unspecified atom stereocenters. The lowest BCUT2D eigenvalue weighted by atomic mass is 9.88. The van der Waals surface area contributed by atoms with Crippen LogP contribution in [0, 0.1) is 0 Å². The molecule has 10 nitrogen and oxygen atoms in total. The highest BCUT2D eigenvalue weighted by Gasteiger charge is 2.40. The maximum Gasteiger partial charge on any atom is 0.281 e. The van der Waals surface area contributed by atoms with Crippen LogP contribution in [-0.2, 0) is 16.1 Å². The van der Waals surface area contributed by atoms with E-state index in [4.69, 9.17) is 9.72 Å². The van der Waals surface area contributed by atoms with Crippen molar-refractivity contribution in [2.75, 3.05) is 44.2 Å². The summed E-state index contributed by atoms with van der Waals surface area (Å²) in [5.41, 5.74) is 6.17. The standard InChI is InChI=1S/C43H45F2N5O5/c1-2-34(29-7-4-3-5-8-29)40(30-9-13-32(51)14-10-30)31-11-15-33(16-12-31)55-28-43(44,45)21-6-22-48-23-25-49(26-24-48)38-19-17-35-36(46-38)27-50(42(35)54)37-18-20-39(52)47-41(37)53/h3-5,7-17,19,37,51H,2,6,18,20-28H2,1H3,(H,47,52,53)/b40-34-. The topological polar surface area (TPSA) is 115 Å². The number of aromatic nitrogens is 1. The van der Waals surface area contributed by atoms with Gasteiger partial charge in [-0.05, 0) is 90.0 Å². The van der Waals surface area contributed by atoms with Crippen molar-refractivity contribution in [3.8, 4) is 11.5 Å². The van der Waals surface area contributed by atoms with E-state index in [9.17, 15) is 19.5 Å². The minimum Gasteiger partial charge on any atom is -0.508 e. The summed E-state index contributed by atoms with van der Waals surface area (Å²) in [6.45, 7) is 4.87. The predicted molar refractivity (Wildman–Crippen MR) is 206 cm³/mol. The van der Waals surface area contributed by atoms with E-state index in [1.54, 1.807) is 30.3 Å². The van der Waals surface area contributed by atoms with Crippen molar-refractivity contribution in [3.63, 3.8) is 0 Å². The molecule has 3 aliphatic heterocycles. The summed E-state index contributed by atoms with van der Waals surface area (Å²) in [6.07, 6.45) is 1.29. The second kappa shape index (κ2) is 16.4. The van der Waals surface area contributed by atoms with E-state index in [2.05, 4.69) is 34.2 Å². The second-order valence-corrected chi connectivity index (χ2v) is 14.3. The molecule has 55 heavy (non-hydrogen) atoms. The van der Waals surface area contributed by atoms with Gasteiger partial charge in [-0.3, -0.25) is 24.6 Å². The van der Waals surface area contributed by atoms with Crippen molar-refractivity contribution >= 4 is 34.7 Å². The van der Waals surface area contributed by atoms with Crippen molar-refractivity contribution in [1.29, 1.82) is 0 Å². The van der Waals surface area contributed by atoms with Gasteiger partial charge in [0.05, 0.1) is 17.8 Å². The van der Waals surface area contributed by atoms with Crippen molar-refractivity contribution < 1.29 is 33.0 Å². The number of carbonyl (C=O) groups excluding carboxylic acids is 3. The van der Waals surface area contributed by atoms with Gasteiger partial charge < -0.3 is 19.6 Å². The van der Waals surface area contributed by atoms with Gasteiger partial charge in [0.15, 0.2) is 6.61 Å². The molecule has 2 N–H and O–H groups in total. The van der Waals surface area contributed by atoms with Crippen LogP contribution in [0.3, 0.4) is 0 Å². The first-order valence-electron chi connectivity index (χ1n) is 18.9. The van der Waals surface area contributed by atoms with Crippen molar-refractivity contribution in [2.45, 2.75) is 57.5 Å². The summed E-state index contributed by atoms with van der Waals surface area (Å²) >= 11 is 0. The Morgan fingerprint density at radius 1 is 0.891 bits per heavy atom. The number of halogens is 2. The van der Waals surface area contributed by atoms with Gasteiger partial charge in [0.25, 0.3) is 11.8 Å². The number of phenolic OH excluding ortho intramolecular Hbond substituents is 1. The molecule has 3 aliphatic rings. The number of hydrogen-bond donors (Lipinski definition) is 2. The van der Waals surface area contributed by atoms with Gasteiger partial charge in [-0.15, -0.1) is 0 Å². The number of amides is 3. The molecule has 1 atom stereocenters. The summed E-state index contributed by atoms with van der Waals surface area (Å²) in [5.74, 6) is -2.74. The van der Waals surface area contributed by atoms with E-state index in [0.29, 0.717) is 62.6 Å². The van der Waals surface area contributed by atoms with E-state index >= 15 is 8.78 Å². The molecule has 12 heteroatoms. The molecule has 0 bridgehead atoms. The smallest absolute Gasteiger partial charge is 0.281 e. The normalized spacial score (nSPS) is 18.2. The van der Waals surface area contributed by atoms with Crippen LogP contribution in [0.15, 0.2) is 91.0 Å². The Balaban J connectivity index is 0.889. The molecule has 7 rings (SSSR count). The van der Waals surface area contributed by atoms with Crippen LogP contribution < -0.4 is 15.0 Å². The van der Waals surface area contributed by atoms with Gasteiger partial charge in [0.1, 0.15) is 23.4 Å². The molecule has 286 valence electrons. The summed E-state index contributed by atoms with van der Waals surface area (Å²) in [6, 6.07) is 27.3. The minimum atomic E-state index is -2.99. The van der Waals surface area contributed by atoms with Crippen LogP contribution in [0.4, 0.5) is 14.6 Å². The molecule has 3 aromatic carbocycles. The Hall–Kier alpha value is -5.62. The summed E-state index contributed by atoms with van der Waals surface area (Å²) in [5, 5.41) is 12.2. The quantitative estimate of drug-likeness (QED) is 0.117.